The Kier molecular flexibility index (Phi) is 3.84. The molecule has 0 fully saturated rings. The minimum absolute atomic E-state index is 0.0922. The lowest BCUT2D eigenvalue weighted by molar-refractivity contribution is -0.123. The van der Waals surface area contributed by atoms with Crippen molar-refractivity contribution in [2.45, 2.75) is 26.2 Å². The van der Waals surface area contributed by atoms with Gasteiger partial charge in [-0.25, -0.2) is 0 Å². The molecule has 1 spiro atoms. The highest BCUT2D eigenvalue weighted by molar-refractivity contribution is 6.14. The maximum atomic E-state index is 13.6. The first kappa shape index (κ1) is 18.8. The Labute approximate surface area is 174 Å². The highest BCUT2D eigenvalue weighted by Crippen LogP contribution is 2.56. The molecule has 0 bridgehead atoms. The molecule has 1 unspecified atom stereocenters. The first-order valence-corrected chi connectivity index (χ1v) is 10.0. The van der Waals surface area contributed by atoms with Crippen molar-refractivity contribution < 1.29 is 23.8 Å². The van der Waals surface area contributed by atoms with Crippen molar-refractivity contribution >= 4 is 23.2 Å². The van der Waals surface area contributed by atoms with Crippen LogP contribution in [0.3, 0.4) is 0 Å². The first-order chi connectivity index (χ1) is 14.2. The number of rotatable bonds is 1. The van der Waals surface area contributed by atoms with Gasteiger partial charge in [0.2, 0.25) is 11.8 Å². The Bertz CT molecular complexity index is 1090. The second-order valence-corrected chi connectivity index (χ2v) is 8.95. The van der Waals surface area contributed by atoms with Crippen molar-refractivity contribution in [3.8, 4) is 17.2 Å². The highest BCUT2D eigenvalue weighted by Gasteiger charge is 2.58. The third-order valence-electron chi connectivity index (χ3n) is 5.98. The quantitative estimate of drug-likeness (QED) is 0.785. The lowest BCUT2D eigenvalue weighted by Gasteiger charge is -2.26. The van der Waals surface area contributed by atoms with Gasteiger partial charge in [0.25, 0.3) is 0 Å². The molecule has 1 N–H and O–H groups in total. The Morgan fingerprint density at radius 1 is 1.07 bits per heavy atom. The molecule has 30 heavy (non-hydrogen) atoms. The number of ether oxygens (including phenoxy) is 3. The molecule has 156 valence electrons. The highest BCUT2D eigenvalue weighted by atomic mass is 16.6. The number of hydrogen-bond donors (Lipinski definition) is 1. The Hall–Kier alpha value is -3.22. The summed E-state index contributed by atoms with van der Waals surface area (Å²) in [6.45, 7) is 6.66. The van der Waals surface area contributed by atoms with E-state index in [1.807, 2.05) is 45.0 Å². The van der Waals surface area contributed by atoms with Gasteiger partial charge in [0.1, 0.15) is 31.0 Å². The van der Waals surface area contributed by atoms with Crippen LogP contribution in [0, 0.1) is 5.41 Å². The monoisotopic (exact) mass is 408 g/mol. The van der Waals surface area contributed by atoms with Gasteiger partial charge in [-0.05, 0) is 18.2 Å². The fourth-order valence-corrected chi connectivity index (χ4v) is 4.36. The number of nitrogens with one attached hydrogen (secondary N) is 1. The lowest BCUT2D eigenvalue weighted by Crippen LogP contribution is -2.41. The summed E-state index contributed by atoms with van der Waals surface area (Å²) in [5.74, 6) is 1.61. The molecule has 2 amide bonds. The number of hydrogen-bond acceptors (Lipinski definition) is 5. The number of anilines is 2. The van der Waals surface area contributed by atoms with Gasteiger partial charge < -0.3 is 24.4 Å². The molecule has 7 nitrogen and oxygen atoms in total. The van der Waals surface area contributed by atoms with E-state index in [1.165, 1.54) is 0 Å². The molecule has 3 heterocycles. The van der Waals surface area contributed by atoms with Gasteiger partial charge in [0.15, 0.2) is 11.5 Å². The SMILES string of the molecule is CN1C(=O)C2(COc3cc4c(cc32)OCCO4)c2c(NC(=O)C(C)(C)C)cccc21. The number of nitrogens with zero attached hydrogens (tertiary/aromatic N) is 1. The van der Waals surface area contributed by atoms with Crippen LogP contribution in [0.15, 0.2) is 30.3 Å². The van der Waals surface area contributed by atoms with Gasteiger partial charge in [-0.2, -0.15) is 0 Å². The third kappa shape index (κ3) is 2.44. The summed E-state index contributed by atoms with van der Waals surface area (Å²) in [5, 5.41) is 3.04. The molecule has 7 heteroatoms. The Morgan fingerprint density at radius 2 is 1.77 bits per heavy atom. The molecule has 3 aliphatic rings. The van der Waals surface area contributed by atoms with Crippen LogP contribution in [-0.4, -0.2) is 38.7 Å². The van der Waals surface area contributed by atoms with E-state index in [2.05, 4.69) is 5.32 Å². The van der Waals surface area contributed by atoms with E-state index >= 15 is 0 Å². The molecular formula is C23H24N2O5. The van der Waals surface area contributed by atoms with Crippen LogP contribution in [-0.2, 0) is 15.0 Å². The standard InChI is InChI=1S/C23H24N2O5/c1-22(2,3)20(26)24-14-6-5-7-15-19(14)23(21(27)25(15)4)12-30-16-11-18-17(10-13(16)23)28-8-9-29-18/h5-7,10-11H,8-9,12H2,1-4H3,(H,24,26). The average molecular weight is 408 g/mol. The van der Waals surface area contributed by atoms with E-state index in [9.17, 15) is 9.59 Å². The van der Waals surface area contributed by atoms with Gasteiger partial charge in [-0.1, -0.05) is 26.8 Å². The van der Waals surface area contributed by atoms with Crippen molar-refractivity contribution in [1.29, 1.82) is 0 Å². The summed E-state index contributed by atoms with van der Waals surface area (Å²) >= 11 is 0. The van der Waals surface area contributed by atoms with Crippen LogP contribution in [0.25, 0.3) is 0 Å². The molecule has 0 aliphatic carbocycles. The second-order valence-electron chi connectivity index (χ2n) is 8.95. The molecule has 1 atom stereocenters. The van der Waals surface area contributed by atoms with Crippen molar-refractivity contribution in [3.63, 3.8) is 0 Å². The summed E-state index contributed by atoms with van der Waals surface area (Å²) < 4.78 is 17.4. The number of amides is 2. The summed E-state index contributed by atoms with van der Waals surface area (Å²) in [7, 11) is 1.75. The second kappa shape index (κ2) is 6.14. The number of likely N-dealkylation sites (N-methyl/N-ethyl adjacent to an activating group) is 1. The molecule has 0 radical (unpaired) electrons. The van der Waals surface area contributed by atoms with E-state index in [-0.39, 0.29) is 18.4 Å². The normalized spacial score (nSPS) is 21.3. The molecule has 2 aromatic carbocycles. The maximum absolute atomic E-state index is 13.6. The van der Waals surface area contributed by atoms with E-state index in [0.717, 1.165) is 16.8 Å². The third-order valence-corrected chi connectivity index (χ3v) is 5.98. The molecule has 5 rings (SSSR count). The number of carbonyl (C=O) groups excluding carboxylic acids is 2. The zero-order valence-corrected chi connectivity index (χ0v) is 17.5. The van der Waals surface area contributed by atoms with Crippen molar-refractivity contribution in [2.24, 2.45) is 5.41 Å². The smallest absolute Gasteiger partial charge is 0.245 e. The Morgan fingerprint density at radius 3 is 2.47 bits per heavy atom. The van der Waals surface area contributed by atoms with Gasteiger partial charge in [0, 0.05) is 35.3 Å². The minimum Gasteiger partial charge on any atom is -0.491 e. The topological polar surface area (TPSA) is 77.1 Å². The van der Waals surface area contributed by atoms with E-state index in [1.54, 1.807) is 18.0 Å². The number of benzene rings is 2. The predicted octanol–water partition coefficient (Wildman–Crippen LogP) is 3.10. The van der Waals surface area contributed by atoms with Gasteiger partial charge in [-0.15, -0.1) is 0 Å². The van der Waals surface area contributed by atoms with E-state index < -0.39 is 10.8 Å². The van der Waals surface area contributed by atoms with Gasteiger partial charge >= 0.3 is 0 Å². The average Bonchev–Trinajstić information content (AvgIpc) is 3.18. The van der Waals surface area contributed by atoms with Crippen LogP contribution >= 0.6 is 0 Å². The van der Waals surface area contributed by atoms with Crippen LogP contribution in [0.4, 0.5) is 11.4 Å². The zero-order chi connectivity index (χ0) is 21.3. The van der Waals surface area contributed by atoms with Crippen molar-refractivity contribution in [2.75, 3.05) is 37.1 Å². The zero-order valence-electron chi connectivity index (χ0n) is 17.5. The molecule has 0 saturated carbocycles. The number of carbonyl (C=O) groups is 2. The molecule has 0 saturated heterocycles. The van der Waals surface area contributed by atoms with Crippen molar-refractivity contribution in [3.05, 3.63) is 41.5 Å². The minimum atomic E-state index is -1.04. The predicted molar refractivity (Wildman–Crippen MR) is 112 cm³/mol. The van der Waals surface area contributed by atoms with Crippen LogP contribution in [0.5, 0.6) is 17.2 Å². The lowest BCUT2D eigenvalue weighted by atomic mass is 9.76. The molecular weight excluding hydrogens is 384 g/mol. The van der Waals surface area contributed by atoms with E-state index in [0.29, 0.717) is 36.1 Å². The van der Waals surface area contributed by atoms with Gasteiger partial charge in [-0.3, -0.25) is 9.59 Å². The van der Waals surface area contributed by atoms with Crippen LogP contribution in [0.2, 0.25) is 0 Å². The van der Waals surface area contributed by atoms with Crippen LogP contribution in [0.1, 0.15) is 31.9 Å². The maximum Gasteiger partial charge on any atom is 0.245 e. The summed E-state index contributed by atoms with van der Waals surface area (Å²) in [4.78, 5) is 28.0. The molecule has 2 aromatic rings. The largest absolute Gasteiger partial charge is 0.491 e. The van der Waals surface area contributed by atoms with Crippen LogP contribution < -0.4 is 24.4 Å². The molecule has 0 aromatic heterocycles. The Balaban J connectivity index is 1.71. The van der Waals surface area contributed by atoms with Crippen molar-refractivity contribution in [1.82, 2.24) is 0 Å². The first-order valence-electron chi connectivity index (χ1n) is 10.0. The number of fused-ring (bicyclic) bond motifs is 5. The summed E-state index contributed by atoms with van der Waals surface area (Å²) in [5.41, 5.74) is 1.26. The molecule has 3 aliphatic heterocycles. The van der Waals surface area contributed by atoms with E-state index in [4.69, 9.17) is 14.2 Å². The fourth-order valence-electron chi connectivity index (χ4n) is 4.36. The summed E-state index contributed by atoms with van der Waals surface area (Å²) in [6.07, 6.45) is 0. The van der Waals surface area contributed by atoms with Gasteiger partial charge in [0.05, 0.1) is 5.69 Å². The fraction of sp³-hybridized carbons (Fsp3) is 0.391. The summed E-state index contributed by atoms with van der Waals surface area (Å²) in [6, 6.07) is 9.22.